The summed E-state index contributed by atoms with van der Waals surface area (Å²) in [6.45, 7) is 1.59. The van der Waals surface area contributed by atoms with Gasteiger partial charge in [0.25, 0.3) is 0 Å². The Morgan fingerprint density at radius 3 is 2.45 bits per heavy atom. The van der Waals surface area contributed by atoms with Crippen molar-refractivity contribution in [2.75, 3.05) is 0 Å². The van der Waals surface area contributed by atoms with Crippen molar-refractivity contribution >= 4 is 28.7 Å². The van der Waals surface area contributed by atoms with Gasteiger partial charge in [0.15, 0.2) is 0 Å². The highest BCUT2D eigenvalue weighted by Gasteiger charge is 2.16. The Morgan fingerprint density at radius 2 is 1.82 bits per heavy atom. The average Bonchev–Trinajstić information content (AvgIpc) is 3.27. The lowest BCUT2D eigenvalue weighted by Crippen LogP contribution is -2.38. The first-order valence-corrected chi connectivity index (χ1v) is 8.67. The summed E-state index contributed by atoms with van der Waals surface area (Å²) in [6.07, 6.45) is 1.63. The predicted molar refractivity (Wildman–Crippen MR) is 88.8 cm³/mol. The van der Waals surface area contributed by atoms with Gasteiger partial charge in [-0.3, -0.25) is 0 Å². The zero-order chi connectivity index (χ0) is 15.2. The van der Waals surface area contributed by atoms with E-state index >= 15 is 0 Å². The summed E-state index contributed by atoms with van der Waals surface area (Å²) in [7, 11) is 0. The number of carbonyl (C=O) groups excluding carboxylic acids is 1. The highest BCUT2D eigenvalue weighted by Crippen LogP contribution is 2.15. The van der Waals surface area contributed by atoms with E-state index in [9.17, 15) is 4.79 Å². The summed E-state index contributed by atoms with van der Waals surface area (Å²) in [5.74, 6) is 0.780. The minimum atomic E-state index is -0.0850. The topological polar surface area (TPSA) is 45.5 Å². The number of nitrogens with zero attached hydrogens (tertiary/aromatic N) is 1. The predicted octanol–water partition coefficient (Wildman–Crippen LogP) is 4.31. The first-order chi connectivity index (χ1) is 10.8. The summed E-state index contributed by atoms with van der Waals surface area (Å²) in [5.41, 5.74) is 0. The molecule has 22 heavy (non-hydrogen) atoms. The van der Waals surface area contributed by atoms with Gasteiger partial charge in [-0.1, -0.05) is 12.1 Å². The number of urea groups is 1. The van der Waals surface area contributed by atoms with Crippen molar-refractivity contribution in [2.24, 2.45) is 0 Å². The maximum absolute atomic E-state index is 12.5. The van der Waals surface area contributed by atoms with Gasteiger partial charge in [0.05, 0.1) is 25.9 Å². The van der Waals surface area contributed by atoms with Gasteiger partial charge < -0.3 is 14.6 Å². The van der Waals surface area contributed by atoms with Crippen LogP contribution in [0, 0.1) is 0 Å². The summed E-state index contributed by atoms with van der Waals surface area (Å²) in [4.78, 5) is 16.5. The molecule has 0 saturated heterocycles. The number of carbonyl (C=O) groups is 1. The molecule has 0 spiro atoms. The smallest absolute Gasteiger partial charge is 0.318 e. The normalized spacial score (nSPS) is 10.5. The Kier molecular flexibility index (Phi) is 4.92. The quantitative estimate of drug-likeness (QED) is 0.731. The van der Waals surface area contributed by atoms with Crippen LogP contribution in [0.2, 0.25) is 0 Å². The van der Waals surface area contributed by atoms with Crippen LogP contribution in [0.3, 0.4) is 0 Å². The number of furan rings is 1. The minimum absolute atomic E-state index is 0.0850. The molecule has 4 nitrogen and oxygen atoms in total. The fourth-order valence-electron chi connectivity index (χ4n) is 2.07. The molecule has 3 rings (SSSR count). The molecule has 0 aromatic carbocycles. The molecule has 0 aliphatic rings. The van der Waals surface area contributed by atoms with Crippen LogP contribution >= 0.6 is 22.7 Å². The van der Waals surface area contributed by atoms with Crippen LogP contribution in [0.25, 0.3) is 0 Å². The van der Waals surface area contributed by atoms with Crippen molar-refractivity contribution in [1.82, 2.24) is 10.2 Å². The van der Waals surface area contributed by atoms with Crippen LogP contribution in [-0.4, -0.2) is 10.9 Å². The second-order valence-electron chi connectivity index (χ2n) is 4.75. The minimum Gasteiger partial charge on any atom is -0.467 e. The van der Waals surface area contributed by atoms with Crippen LogP contribution in [0.1, 0.15) is 15.5 Å². The van der Waals surface area contributed by atoms with Gasteiger partial charge >= 0.3 is 6.03 Å². The van der Waals surface area contributed by atoms with Crippen molar-refractivity contribution in [3.05, 3.63) is 68.9 Å². The molecule has 2 amide bonds. The zero-order valence-corrected chi connectivity index (χ0v) is 13.5. The van der Waals surface area contributed by atoms with Crippen LogP contribution in [0.15, 0.2) is 57.8 Å². The Labute approximate surface area is 137 Å². The van der Waals surface area contributed by atoms with E-state index in [0.717, 1.165) is 15.5 Å². The van der Waals surface area contributed by atoms with Gasteiger partial charge in [-0.2, -0.15) is 0 Å². The summed E-state index contributed by atoms with van der Waals surface area (Å²) in [5, 5.41) is 7.00. The molecule has 0 atom stereocenters. The lowest BCUT2D eigenvalue weighted by atomic mass is 10.3. The van der Waals surface area contributed by atoms with Gasteiger partial charge in [-0.05, 0) is 35.0 Å². The third-order valence-electron chi connectivity index (χ3n) is 3.13. The van der Waals surface area contributed by atoms with E-state index in [1.54, 1.807) is 33.8 Å². The van der Waals surface area contributed by atoms with E-state index in [1.807, 2.05) is 47.2 Å². The third kappa shape index (κ3) is 3.99. The lowest BCUT2D eigenvalue weighted by Gasteiger charge is -2.21. The van der Waals surface area contributed by atoms with Crippen molar-refractivity contribution < 1.29 is 9.21 Å². The molecule has 0 bridgehead atoms. The number of nitrogens with one attached hydrogen (secondary N) is 1. The first kappa shape index (κ1) is 14.9. The number of amides is 2. The number of thiophene rings is 2. The fourth-order valence-corrected chi connectivity index (χ4v) is 3.43. The van der Waals surface area contributed by atoms with Gasteiger partial charge in [-0.25, -0.2) is 4.79 Å². The van der Waals surface area contributed by atoms with Crippen LogP contribution < -0.4 is 5.32 Å². The number of hydrogen-bond donors (Lipinski definition) is 1. The molecule has 1 N–H and O–H groups in total. The molecule has 114 valence electrons. The SMILES string of the molecule is O=C(NCc1cccs1)N(Cc1ccco1)Cc1cccs1. The Balaban J connectivity index is 1.64. The largest absolute Gasteiger partial charge is 0.467 e. The van der Waals surface area contributed by atoms with E-state index < -0.39 is 0 Å². The molecule has 6 heteroatoms. The van der Waals surface area contributed by atoms with E-state index in [2.05, 4.69) is 5.32 Å². The Bertz CT molecular complexity index is 640. The first-order valence-electron chi connectivity index (χ1n) is 6.91. The van der Waals surface area contributed by atoms with Crippen LogP contribution in [-0.2, 0) is 19.6 Å². The molecule has 0 saturated carbocycles. The highest BCUT2D eigenvalue weighted by molar-refractivity contribution is 7.10. The maximum Gasteiger partial charge on any atom is 0.318 e. The molecule has 0 aliphatic heterocycles. The molecule has 0 aliphatic carbocycles. The average molecular weight is 332 g/mol. The second kappa shape index (κ2) is 7.29. The molecule has 0 radical (unpaired) electrons. The summed E-state index contributed by atoms with van der Waals surface area (Å²) >= 11 is 3.28. The maximum atomic E-state index is 12.5. The molecule has 3 heterocycles. The lowest BCUT2D eigenvalue weighted by molar-refractivity contribution is 0.187. The van der Waals surface area contributed by atoms with Crippen molar-refractivity contribution in [2.45, 2.75) is 19.6 Å². The number of hydrogen-bond acceptors (Lipinski definition) is 4. The second-order valence-corrected chi connectivity index (χ2v) is 6.82. The van der Waals surface area contributed by atoms with Crippen LogP contribution in [0.4, 0.5) is 4.79 Å². The Morgan fingerprint density at radius 1 is 1.05 bits per heavy atom. The van der Waals surface area contributed by atoms with E-state index in [0.29, 0.717) is 19.6 Å². The van der Waals surface area contributed by atoms with Crippen molar-refractivity contribution in [3.63, 3.8) is 0 Å². The third-order valence-corrected chi connectivity index (χ3v) is 4.87. The van der Waals surface area contributed by atoms with Crippen molar-refractivity contribution in [1.29, 1.82) is 0 Å². The molecule has 0 unspecified atom stereocenters. The van der Waals surface area contributed by atoms with Gasteiger partial charge in [0.2, 0.25) is 0 Å². The zero-order valence-electron chi connectivity index (χ0n) is 11.9. The molecule has 3 aromatic rings. The van der Waals surface area contributed by atoms with Crippen LogP contribution in [0.5, 0.6) is 0 Å². The molecular formula is C16H16N2O2S2. The molecule has 3 aromatic heterocycles. The monoisotopic (exact) mass is 332 g/mol. The summed E-state index contributed by atoms with van der Waals surface area (Å²) < 4.78 is 5.37. The standard InChI is InChI=1S/C16H16N2O2S2/c19-16(17-10-14-5-2-8-21-14)18(11-13-4-1-7-20-13)12-15-6-3-9-22-15/h1-9H,10-12H2,(H,17,19). The number of rotatable bonds is 6. The fraction of sp³-hybridized carbons (Fsp3) is 0.188. The van der Waals surface area contributed by atoms with Gasteiger partial charge in [0, 0.05) is 9.75 Å². The van der Waals surface area contributed by atoms with Gasteiger partial charge in [-0.15, -0.1) is 22.7 Å². The molecule has 0 fully saturated rings. The summed E-state index contributed by atoms with van der Waals surface area (Å²) in [6, 6.07) is 11.7. The van der Waals surface area contributed by atoms with E-state index in [-0.39, 0.29) is 6.03 Å². The van der Waals surface area contributed by atoms with Gasteiger partial charge in [0.1, 0.15) is 5.76 Å². The van der Waals surface area contributed by atoms with E-state index in [4.69, 9.17) is 4.42 Å². The molecular weight excluding hydrogens is 316 g/mol. The van der Waals surface area contributed by atoms with Crippen molar-refractivity contribution in [3.8, 4) is 0 Å². The Hall–Kier alpha value is -2.05. The van der Waals surface area contributed by atoms with E-state index in [1.165, 1.54) is 0 Å². The highest BCUT2D eigenvalue weighted by atomic mass is 32.1.